The molecule has 0 aromatic heterocycles. The zero-order chi connectivity index (χ0) is 24.4. The summed E-state index contributed by atoms with van der Waals surface area (Å²) in [6.45, 7) is 7.69. The fourth-order valence-corrected chi connectivity index (χ4v) is 4.73. The number of sulfone groups is 1. The third kappa shape index (κ3) is 7.09. The topological polar surface area (TPSA) is 79.3 Å². The number of carbonyl (C=O) groups is 1. The van der Waals surface area contributed by atoms with E-state index >= 15 is 0 Å². The van der Waals surface area contributed by atoms with Gasteiger partial charge in [-0.15, -0.1) is 0 Å². The van der Waals surface area contributed by atoms with Crippen molar-refractivity contribution in [2.45, 2.75) is 31.3 Å². The Morgan fingerprint density at radius 3 is 2.18 bits per heavy atom. The Kier molecular flexibility index (Phi) is 7.61. The number of rotatable bonds is 4. The molecule has 0 N–H and O–H groups in total. The van der Waals surface area contributed by atoms with Crippen LogP contribution in [0.3, 0.4) is 0 Å². The van der Waals surface area contributed by atoms with Crippen molar-refractivity contribution in [1.82, 2.24) is 4.90 Å². The van der Waals surface area contributed by atoms with Crippen molar-refractivity contribution in [2.75, 3.05) is 37.3 Å². The zero-order valence-electron chi connectivity index (χ0n) is 19.0. The molecule has 1 heterocycles. The zero-order valence-corrected chi connectivity index (χ0v) is 21.3. The average molecular weight is 512 g/mol. The first-order chi connectivity index (χ1) is 15.3. The number of ether oxygens (including phenoxy) is 1. The molecule has 1 aliphatic rings. The van der Waals surface area contributed by atoms with E-state index < -0.39 is 15.4 Å². The van der Waals surface area contributed by atoms with Gasteiger partial charge < -0.3 is 14.5 Å². The van der Waals surface area contributed by atoms with Gasteiger partial charge >= 0.3 is 6.09 Å². The fraction of sp³-hybridized carbons (Fsp3) is 0.391. The van der Waals surface area contributed by atoms with E-state index in [1.807, 2.05) is 20.8 Å². The highest BCUT2D eigenvalue weighted by molar-refractivity contribution is 7.90. The molecule has 2 aromatic carbocycles. The highest BCUT2D eigenvalue weighted by Gasteiger charge is 2.26. The lowest BCUT2D eigenvalue weighted by Crippen LogP contribution is -2.50. The Bertz CT molecular complexity index is 1150. The van der Waals surface area contributed by atoms with Crippen LogP contribution in [0.4, 0.5) is 16.2 Å². The summed E-state index contributed by atoms with van der Waals surface area (Å²) < 4.78 is 30.1. The molecule has 33 heavy (non-hydrogen) atoms. The number of hydrogen-bond donors (Lipinski definition) is 0. The SMILES string of the molecule is CC(C)(C)OC(=O)N1CCN(c2ccc(S(C)(=O)=O)c(N=Cc3cc(Cl)cc(Cl)c3)c2)CC1. The van der Waals surface area contributed by atoms with Crippen LogP contribution in [0.15, 0.2) is 46.3 Å². The molecule has 10 heteroatoms. The first kappa shape index (κ1) is 25.3. The van der Waals surface area contributed by atoms with Crippen LogP contribution in [0.2, 0.25) is 10.0 Å². The van der Waals surface area contributed by atoms with Crippen LogP contribution in [0, 0.1) is 0 Å². The van der Waals surface area contributed by atoms with Gasteiger partial charge in [-0.2, -0.15) is 0 Å². The number of anilines is 1. The summed E-state index contributed by atoms with van der Waals surface area (Å²) in [4.78, 5) is 20.6. The lowest BCUT2D eigenvalue weighted by Gasteiger charge is -2.36. The number of hydrogen-bond acceptors (Lipinski definition) is 6. The summed E-state index contributed by atoms with van der Waals surface area (Å²) in [5, 5.41) is 0.924. The van der Waals surface area contributed by atoms with Crippen molar-refractivity contribution >= 4 is 56.7 Å². The molecule has 0 spiro atoms. The minimum atomic E-state index is -3.49. The highest BCUT2D eigenvalue weighted by Crippen LogP contribution is 2.31. The second-order valence-corrected chi connectivity index (χ2v) is 11.7. The molecule has 0 bridgehead atoms. The normalized spacial score (nSPS) is 15.2. The first-order valence-electron chi connectivity index (χ1n) is 10.4. The van der Waals surface area contributed by atoms with E-state index in [1.165, 1.54) is 6.21 Å². The Morgan fingerprint density at radius 1 is 1.03 bits per heavy atom. The van der Waals surface area contributed by atoms with Gasteiger partial charge in [0, 0.05) is 54.4 Å². The van der Waals surface area contributed by atoms with E-state index in [2.05, 4.69) is 9.89 Å². The first-order valence-corrected chi connectivity index (χ1v) is 13.0. The summed E-state index contributed by atoms with van der Waals surface area (Å²) >= 11 is 12.1. The van der Waals surface area contributed by atoms with E-state index in [9.17, 15) is 13.2 Å². The summed E-state index contributed by atoms with van der Waals surface area (Å²) in [5.74, 6) is 0. The molecule has 0 saturated carbocycles. The molecule has 0 aliphatic carbocycles. The van der Waals surface area contributed by atoms with Crippen LogP contribution < -0.4 is 4.90 Å². The Balaban J connectivity index is 1.82. The average Bonchev–Trinajstić information content (AvgIpc) is 2.69. The molecular weight excluding hydrogens is 485 g/mol. The largest absolute Gasteiger partial charge is 0.444 e. The van der Waals surface area contributed by atoms with E-state index in [1.54, 1.807) is 41.3 Å². The number of benzene rings is 2. The maximum atomic E-state index is 12.3. The number of aliphatic imine (C=N–C) groups is 1. The molecule has 2 aromatic rings. The van der Waals surface area contributed by atoms with Crippen molar-refractivity contribution in [3.05, 3.63) is 52.0 Å². The molecule has 7 nitrogen and oxygen atoms in total. The summed E-state index contributed by atoms with van der Waals surface area (Å²) in [5.41, 5.74) is 1.25. The minimum absolute atomic E-state index is 0.128. The van der Waals surface area contributed by atoms with Gasteiger partial charge in [0.25, 0.3) is 0 Å². The van der Waals surface area contributed by atoms with E-state index in [-0.39, 0.29) is 11.0 Å². The Hall–Kier alpha value is -2.29. The smallest absolute Gasteiger partial charge is 0.410 e. The predicted molar refractivity (Wildman–Crippen MR) is 133 cm³/mol. The van der Waals surface area contributed by atoms with Gasteiger partial charge in [0.15, 0.2) is 9.84 Å². The minimum Gasteiger partial charge on any atom is -0.444 e. The summed E-state index contributed by atoms with van der Waals surface area (Å²) in [6.07, 6.45) is 2.35. The summed E-state index contributed by atoms with van der Waals surface area (Å²) in [7, 11) is -3.49. The van der Waals surface area contributed by atoms with E-state index in [4.69, 9.17) is 27.9 Å². The van der Waals surface area contributed by atoms with Gasteiger partial charge in [-0.05, 0) is 62.7 Å². The van der Waals surface area contributed by atoms with Crippen LogP contribution in [0.5, 0.6) is 0 Å². The predicted octanol–water partition coefficient (Wildman–Crippen LogP) is 5.20. The maximum absolute atomic E-state index is 12.3. The lowest BCUT2D eigenvalue weighted by molar-refractivity contribution is 0.0240. The molecule has 0 atom stereocenters. The van der Waals surface area contributed by atoms with Crippen LogP contribution in [0.1, 0.15) is 26.3 Å². The molecule has 0 unspecified atom stereocenters. The highest BCUT2D eigenvalue weighted by atomic mass is 35.5. The molecule has 3 rings (SSSR count). The fourth-order valence-electron chi connectivity index (χ4n) is 3.38. The summed E-state index contributed by atoms with van der Waals surface area (Å²) in [6, 6.07) is 10.0. The van der Waals surface area contributed by atoms with Crippen LogP contribution >= 0.6 is 23.2 Å². The van der Waals surface area contributed by atoms with E-state index in [0.29, 0.717) is 47.5 Å². The molecule has 1 amide bonds. The van der Waals surface area contributed by atoms with Crippen molar-refractivity contribution in [1.29, 1.82) is 0 Å². The van der Waals surface area contributed by atoms with Crippen molar-refractivity contribution in [3.63, 3.8) is 0 Å². The molecule has 1 saturated heterocycles. The second-order valence-electron chi connectivity index (χ2n) is 8.84. The van der Waals surface area contributed by atoms with Gasteiger partial charge in [0.05, 0.1) is 10.6 Å². The van der Waals surface area contributed by atoms with Crippen LogP contribution in [0.25, 0.3) is 0 Å². The van der Waals surface area contributed by atoms with Gasteiger partial charge in [-0.25, -0.2) is 13.2 Å². The molecular formula is C23H27Cl2N3O4S. The van der Waals surface area contributed by atoms with Crippen LogP contribution in [-0.4, -0.2) is 63.7 Å². The van der Waals surface area contributed by atoms with Crippen molar-refractivity contribution in [2.24, 2.45) is 4.99 Å². The van der Waals surface area contributed by atoms with Crippen molar-refractivity contribution in [3.8, 4) is 0 Å². The lowest BCUT2D eigenvalue weighted by atomic mass is 10.2. The van der Waals surface area contributed by atoms with Gasteiger partial charge in [0.2, 0.25) is 0 Å². The number of nitrogens with zero attached hydrogens (tertiary/aromatic N) is 3. The Morgan fingerprint density at radius 2 is 1.64 bits per heavy atom. The number of amides is 1. The van der Waals surface area contributed by atoms with Gasteiger partial charge in [-0.3, -0.25) is 4.99 Å². The standard InChI is InChI=1S/C23H27Cl2N3O4S/c1-23(2,3)32-22(29)28-9-7-27(8-10-28)19-5-6-21(33(4,30)31)20(14-19)26-15-16-11-17(24)13-18(25)12-16/h5-6,11-15H,7-10H2,1-4H3. The number of halogens is 2. The maximum Gasteiger partial charge on any atom is 0.410 e. The van der Waals surface area contributed by atoms with Gasteiger partial charge in [0.1, 0.15) is 5.60 Å². The van der Waals surface area contributed by atoms with Gasteiger partial charge in [-0.1, -0.05) is 23.2 Å². The molecule has 178 valence electrons. The number of piperazine rings is 1. The number of carbonyl (C=O) groups excluding carboxylic acids is 1. The molecule has 0 radical (unpaired) electrons. The van der Waals surface area contributed by atoms with Crippen molar-refractivity contribution < 1.29 is 17.9 Å². The van der Waals surface area contributed by atoms with E-state index in [0.717, 1.165) is 11.9 Å². The molecule has 1 aliphatic heterocycles. The van der Waals surface area contributed by atoms with Crippen LogP contribution in [-0.2, 0) is 14.6 Å². The second kappa shape index (κ2) is 9.91. The third-order valence-corrected chi connectivity index (χ3v) is 6.46. The monoisotopic (exact) mass is 511 g/mol. The quantitative estimate of drug-likeness (QED) is 0.526. The third-order valence-electron chi connectivity index (χ3n) is 4.88. The molecule has 1 fully saturated rings. The Labute approximate surface area is 204 Å².